The monoisotopic (exact) mass is 494 g/mol. The second-order valence-corrected chi connectivity index (χ2v) is 11.9. The van der Waals surface area contributed by atoms with Crippen LogP contribution >= 0.6 is 0 Å². The molecule has 0 radical (unpaired) electrons. The number of nitrogens with one attached hydrogen (secondary N) is 2. The summed E-state index contributed by atoms with van der Waals surface area (Å²) < 4.78 is 35.9. The van der Waals surface area contributed by atoms with Crippen LogP contribution in [0.1, 0.15) is 40.5 Å². The highest BCUT2D eigenvalue weighted by Gasteiger charge is 2.23. The molecule has 0 unspecified atom stereocenters. The van der Waals surface area contributed by atoms with Crippen LogP contribution in [-0.4, -0.2) is 105 Å². The summed E-state index contributed by atoms with van der Waals surface area (Å²) in [6.07, 6.45) is 4.54. The summed E-state index contributed by atoms with van der Waals surface area (Å²) in [5, 5.41) is 5.82. The molecule has 196 valence electrons. The van der Waals surface area contributed by atoms with Gasteiger partial charge < -0.3 is 28.7 Å². The fourth-order valence-electron chi connectivity index (χ4n) is 2.12. The average molecular weight is 495 g/mol. The number of carbonyl (C=O) groups excluding carboxylic acids is 2. The molecule has 0 aromatic carbocycles. The van der Waals surface area contributed by atoms with E-state index in [1.54, 1.807) is 0 Å². The summed E-state index contributed by atoms with van der Waals surface area (Å²) in [4.78, 5) is 22.2. The zero-order valence-electron chi connectivity index (χ0n) is 22.1. The summed E-state index contributed by atoms with van der Waals surface area (Å²) in [6.45, 7) is 17.1. The van der Waals surface area contributed by atoms with E-state index in [0.717, 1.165) is 34.9 Å². The normalized spacial score (nSPS) is 12.2. The van der Waals surface area contributed by atoms with E-state index in [9.17, 15) is 9.59 Å². The molecule has 0 aliphatic carbocycles. The molecule has 0 atom stereocenters. The molecule has 0 fully saturated rings. The molecule has 0 rings (SSSR count). The zero-order chi connectivity index (χ0) is 27.3. The summed E-state index contributed by atoms with van der Waals surface area (Å²) >= 11 is 0. The Hall–Kier alpha value is -1.79. The largest absolute Gasteiger partial charge is 0.759 e. The maximum atomic E-state index is 11.1. The molecular weight excluding hydrogens is 448 g/mol. The van der Waals surface area contributed by atoms with E-state index in [1.165, 1.54) is 12.2 Å². The van der Waals surface area contributed by atoms with Crippen LogP contribution in [-0.2, 0) is 20.0 Å². The van der Waals surface area contributed by atoms with Gasteiger partial charge in [0.2, 0.25) is 11.8 Å². The van der Waals surface area contributed by atoms with Crippen LogP contribution < -0.4 is 10.6 Å². The smallest absolute Gasteiger partial charge is 0.243 e. The second kappa shape index (κ2) is 14.5. The lowest BCUT2D eigenvalue weighted by atomic mass is 10.00. The molecule has 2 N–H and O–H groups in total. The highest BCUT2D eigenvalue weighted by Crippen LogP contribution is 2.11. The fraction of sp³-hybridized carbons (Fsp3) is 0.727. The van der Waals surface area contributed by atoms with Gasteiger partial charge in [0.05, 0.1) is 55.4 Å². The molecule has 10 nitrogen and oxygen atoms in total. The predicted octanol–water partition coefficient (Wildman–Crippen LogP) is 0.989. The lowest BCUT2D eigenvalue weighted by Crippen LogP contribution is -2.47. The maximum Gasteiger partial charge on any atom is 0.243 e. The van der Waals surface area contributed by atoms with Gasteiger partial charge in [-0.05, 0) is 39.8 Å². The Morgan fingerprint density at radius 2 is 0.970 bits per heavy atom. The van der Waals surface area contributed by atoms with Gasteiger partial charge >= 0.3 is 0 Å². The number of carbonyl (C=O) groups is 2. The van der Waals surface area contributed by atoms with Crippen molar-refractivity contribution in [2.24, 2.45) is 0 Å². The van der Waals surface area contributed by atoms with Crippen LogP contribution in [0.25, 0.3) is 0 Å². The molecule has 0 aliphatic rings. The van der Waals surface area contributed by atoms with Gasteiger partial charge in [-0.3, -0.25) is 18.0 Å². The van der Waals surface area contributed by atoms with Gasteiger partial charge in [-0.2, -0.15) is 0 Å². The van der Waals surface area contributed by atoms with Crippen molar-refractivity contribution in [3.63, 3.8) is 0 Å². The quantitative estimate of drug-likeness (QED) is 0.201. The first-order chi connectivity index (χ1) is 14.3. The van der Waals surface area contributed by atoms with Crippen molar-refractivity contribution in [3.8, 4) is 0 Å². The Bertz CT molecular complexity index is 677. The van der Waals surface area contributed by atoms with Crippen molar-refractivity contribution < 1.29 is 36.1 Å². The molecule has 0 saturated carbocycles. The Kier molecular flexibility index (Phi) is 15.7. The van der Waals surface area contributed by atoms with E-state index in [4.69, 9.17) is 17.5 Å². The van der Waals surface area contributed by atoms with Gasteiger partial charge in [0.15, 0.2) is 0 Å². The van der Waals surface area contributed by atoms with Crippen LogP contribution in [0.15, 0.2) is 25.3 Å². The molecule has 2 amide bonds. The first-order valence-corrected chi connectivity index (χ1v) is 11.8. The zero-order valence-corrected chi connectivity index (χ0v) is 23.0. The van der Waals surface area contributed by atoms with Crippen LogP contribution in [0, 0.1) is 0 Å². The van der Waals surface area contributed by atoms with Gasteiger partial charge in [0, 0.05) is 34.3 Å². The molecule has 0 aromatic rings. The average Bonchev–Trinajstić information content (AvgIpc) is 2.55. The summed E-state index contributed by atoms with van der Waals surface area (Å²) in [5.41, 5.74) is -0.312. The Labute approximate surface area is 201 Å². The van der Waals surface area contributed by atoms with Gasteiger partial charge in [-0.15, -0.1) is 0 Å². The molecular formula is C22H46N4O6S. The lowest BCUT2D eigenvalue weighted by Gasteiger charge is -2.31. The Morgan fingerprint density at radius 1 is 0.758 bits per heavy atom. The first kappa shape index (κ1) is 35.8. The third-order valence-electron chi connectivity index (χ3n) is 4.11. The topological polar surface area (TPSA) is 138 Å². The van der Waals surface area contributed by atoms with Gasteiger partial charge in [0.25, 0.3) is 0 Å². The van der Waals surface area contributed by atoms with Crippen LogP contribution in [0.5, 0.6) is 0 Å². The number of quaternary nitrogens is 2. The minimum atomic E-state index is -5.17. The number of rotatable bonds is 10. The third kappa shape index (κ3) is 35.0. The van der Waals surface area contributed by atoms with E-state index < -0.39 is 10.4 Å². The summed E-state index contributed by atoms with van der Waals surface area (Å²) in [5.74, 6) is -0.201. The fourth-order valence-corrected chi connectivity index (χ4v) is 2.12. The second-order valence-electron chi connectivity index (χ2n) is 11.1. The maximum absolute atomic E-state index is 11.1. The molecule has 0 heterocycles. The lowest BCUT2D eigenvalue weighted by molar-refractivity contribution is -0.870. The van der Waals surface area contributed by atoms with Crippen molar-refractivity contribution in [3.05, 3.63) is 25.3 Å². The van der Waals surface area contributed by atoms with E-state index in [-0.39, 0.29) is 22.9 Å². The highest BCUT2D eigenvalue weighted by atomic mass is 32.3. The molecule has 33 heavy (non-hydrogen) atoms. The highest BCUT2D eigenvalue weighted by molar-refractivity contribution is 7.79. The van der Waals surface area contributed by atoms with Gasteiger partial charge in [-0.1, -0.05) is 13.2 Å². The molecule has 0 saturated heterocycles. The van der Waals surface area contributed by atoms with E-state index in [1.807, 2.05) is 27.7 Å². The number of hydrogen-bond acceptors (Lipinski definition) is 6. The van der Waals surface area contributed by atoms with E-state index in [2.05, 4.69) is 66.1 Å². The molecule has 0 aliphatic heterocycles. The summed E-state index contributed by atoms with van der Waals surface area (Å²) in [7, 11) is 7.70. The van der Waals surface area contributed by atoms with E-state index in [0.29, 0.717) is 0 Å². The number of nitrogens with zero attached hydrogens (tertiary/aromatic N) is 2. The molecule has 0 spiro atoms. The van der Waals surface area contributed by atoms with Crippen LogP contribution in [0.2, 0.25) is 0 Å². The van der Waals surface area contributed by atoms with Gasteiger partial charge in [0.1, 0.15) is 0 Å². The van der Waals surface area contributed by atoms with Gasteiger partial charge in [-0.25, -0.2) is 0 Å². The van der Waals surface area contributed by atoms with Crippen molar-refractivity contribution in [2.45, 2.75) is 51.6 Å². The molecule has 0 bridgehead atoms. The van der Waals surface area contributed by atoms with Crippen molar-refractivity contribution >= 4 is 22.2 Å². The molecule has 11 heteroatoms. The van der Waals surface area contributed by atoms with Crippen LogP contribution in [0.3, 0.4) is 0 Å². The third-order valence-corrected chi connectivity index (χ3v) is 4.11. The van der Waals surface area contributed by atoms with E-state index >= 15 is 0 Å². The number of amides is 2. The summed E-state index contributed by atoms with van der Waals surface area (Å²) in [6, 6.07) is 0. The van der Waals surface area contributed by atoms with Crippen molar-refractivity contribution in [1.82, 2.24) is 10.6 Å². The SMILES string of the molecule is C=CC(=O)NC(C)(C)CC[N+](C)(C)C.C=CC(=O)NC(C)(C)CC[N+](C)(C)C.O=S(=O)([O-])[O-]. The predicted molar refractivity (Wildman–Crippen MR) is 130 cm³/mol. The Morgan fingerprint density at radius 3 is 1.12 bits per heavy atom. The number of hydrogen-bond donors (Lipinski definition) is 2. The first-order valence-electron chi connectivity index (χ1n) is 10.5. The molecule has 0 aromatic heterocycles. The van der Waals surface area contributed by atoms with Crippen molar-refractivity contribution in [1.29, 1.82) is 0 Å². The minimum absolute atomic E-state index is 0.101. The standard InChI is InChI=1S/2C11H22N2O.H2O4S/c2*1-7-10(14)12-11(2,3)8-9-13(4,5)6;1-5(2,3)4/h2*7H,1,8-9H2,2-6H3;(H2,1,2,3,4). The van der Waals surface area contributed by atoms with Crippen molar-refractivity contribution in [2.75, 3.05) is 55.4 Å². The minimum Gasteiger partial charge on any atom is -0.759 e. The Balaban J connectivity index is -0.000000453. The van der Waals surface area contributed by atoms with Crippen LogP contribution in [0.4, 0.5) is 0 Å².